The van der Waals surface area contributed by atoms with Gasteiger partial charge in [-0.1, -0.05) is 6.58 Å². The molecular formula is C8H15NO2. The van der Waals surface area contributed by atoms with Crippen LogP contribution in [0.2, 0.25) is 0 Å². The number of ether oxygens (including phenoxy) is 1. The summed E-state index contributed by atoms with van der Waals surface area (Å²) in [5.41, 5.74) is 0. The molecule has 0 aliphatic carbocycles. The molecule has 0 radical (unpaired) electrons. The molecule has 0 saturated carbocycles. The number of hydrogen-bond donors (Lipinski definition) is 0. The van der Waals surface area contributed by atoms with Crippen LogP contribution in [0.3, 0.4) is 0 Å². The van der Waals surface area contributed by atoms with Crippen LogP contribution in [0.15, 0.2) is 12.7 Å². The number of amides is 1. The van der Waals surface area contributed by atoms with Gasteiger partial charge in [0.25, 0.3) is 0 Å². The zero-order valence-electron chi connectivity index (χ0n) is 7.33. The van der Waals surface area contributed by atoms with E-state index in [0.29, 0.717) is 6.73 Å². The molecule has 0 spiro atoms. The first-order chi connectivity index (χ1) is 5.07. The van der Waals surface area contributed by atoms with Crippen LogP contribution in [0.1, 0.15) is 13.8 Å². The van der Waals surface area contributed by atoms with Crippen molar-refractivity contribution in [3.05, 3.63) is 12.7 Å². The van der Waals surface area contributed by atoms with Gasteiger partial charge in [0.1, 0.15) is 6.73 Å². The second kappa shape index (κ2) is 4.91. The van der Waals surface area contributed by atoms with Crippen LogP contribution in [0.5, 0.6) is 0 Å². The lowest BCUT2D eigenvalue weighted by molar-refractivity contribution is -0.130. The van der Waals surface area contributed by atoms with Gasteiger partial charge < -0.3 is 9.64 Å². The van der Waals surface area contributed by atoms with Crippen LogP contribution in [0.4, 0.5) is 0 Å². The third kappa shape index (κ3) is 4.56. The summed E-state index contributed by atoms with van der Waals surface area (Å²) in [6.07, 6.45) is 1.42. The average Bonchev–Trinajstić information content (AvgIpc) is 1.98. The molecular weight excluding hydrogens is 142 g/mol. The van der Waals surface area contributed by atoms with Gasteiger partial charge >= 0.3 is 0 Å². The van der Waals surface area contributed by atoms with Crippen LogP contribution >= 0.6 is 0 Å². The van der Waals surface area contributed by atoms with Crippen molar-refractivity contribution in [3.63, 3.8) is 0 Å². The van der Waals surface area contributed by atoms with E-state index in [0.717, 1.165) is 0 Å². The molecule has 11 heavy (non-hydrogen) atoms. The van der Waals surface area contributed by atoms with Crippen LogP contribution in [-0.2, 0) is 9.53 Å². The monoisotopic (exact) mass is 157 g/mol. The molecule has 0 fully saturated rings. The predicted molar refractivity (Wildman–Crippen MR) is 44.1 cm³/mol. The van der Waals surface area contributed by atoms with Crippen LogP contribution in [0, 0.1) is 0 Å². The summed E-state index contributed by atoms with van der Waals surface area (Å²) in [7, 11) is 1.67. The van der Waals surface area contributed by atoms with E-state index >= 15 is 0 Å². The quantitative estimate of drug-likeness (QED) is 0.450. The minimum Gasteiger partial charge on any atom is -0.358 e. The lowest BCUT2D eigenvalue weighted by Crippen LogP contribution is -2.28. The van der Waals surface area contributed by atoms with E-state index < -0.39 is 0 Å². The van der Waals surface area contributed by atoms with Crippen LogP contribution < -0.4 is 0 Å². The van der Waals surface area contributed by atoms with Crippen molar-refractivity contribution < 1.29 is 9.53 Å². The van der Waals surface area contributed by atoms with Crippen molar-refractivity contribution in [2.24, 2.45) is 0 Å². The Labute approximate surface area is 67.6 Å². The number of rotatable bonds is 4. The predicted octanol–water partition coefficient (Wildman–Crippen LogP) is 1.01. The molecule has 1 amide bonds. The van der Waals surface area contributed by atoms with Gasteiger partial charge in [-0.25, -0.2) is 0 Å². The van der Waals surface area contributed by atoms with Gasteiger partial charge in [-0.05, 0) is 19.9 Å². The minimum absolute atomic E-state index is 0.120. The van der Waals surface area contributed by atoms with Crippen molar-refractivity contribution in [2.75, 3.05) is 13.8 Å². The highest BCUT2D eigenvalue weighted by Crippen LogP contribution is 1.91. The van der Waals surface area contributed by atoms with Crippen molar-refractivity contribution >= 4 is 5.91 Å². The third-order valence-corrected chi connectivity index (χ3v) is 1.15. The number of likely N-dealkylation sites (N-methyl/N-ethyl adjacent to an activating group) is 1. The van der Waals surface area contributed by atoms with Gasteiger partial charge in [-0.2, -0.15) is 0 Å². The van der Waals surface area contributed by atoms with Crippen LogP contribution in [-0.4, -0.2) is 30.7 Å². The lowest BCUT2D eigenvalue weighted by Gasteiger charge is -2.16. The largest absolute Gasteiger partial charge is 0.358 e. The molecule has 3 heteroatoms. The van der Waals surface area contributed by atoms with E-state index in [2.05, 4.69) is 6.58 Å². The summed E-state index contributed by atoms with van der Waals surface area (Å²) in [6, 6.07) is 0. The third-order valence-electron chi connectivity index (χ3n) is 1.15. The normalized spacial score (nSPS) is 9.82. The number of carbonyl (C=O) groups excluding carboxylic acids is 1. The van der Waals surface area contributed by atoms with Crippen molar-refractivity contribution in [1.82, 2.24) is 4.90 Å². The molecule has 0 N–H and O–H groups in total. The Balaban J connectivity index is 3.60. The van der Waals surface area contributed by atoms with E-state index in [-0.39, 0.29) is 12.0 Å². The molecule has 0 aromatic heterocycles. The Kier molecular flexibility index (Phi) is 4.54. The first-order valence-corrected chi connectivity index (χ1v) is 3.57. The van der Waals surface area contributed by atoms with E-state index in [1.807, 2.05) is 13.8 Å². The molecule has 64 valence electrons. The maximum atomic E-state index is 10.9. The Hall–Kier alpha value is -0.830. The second-order valence-corrected chi connectivity index (χ2v) is 2.58. The molecule has 0 rings (SSSR count). The zero-order chi connectivity index (χ0) is 8.85. The zero-order valence-corrected chi connectivity index (χ0v) is 7.33. The van der Waals surface area contributed by atoms with Gasteiger partial charge in [0.05, 0.1) is 6.10 Å². The highest BCUT2D eigenvalue weighted by Gasteiger charge is 2.03. The van der Waals surface area contributed by atoms with Gasteiger partial charge in [-0.15, -0.1) is 0 Å². The first-order valence-electron chi connectivity index (χ1n) is 3.57. The maximum Gasteiger partial charge on any atom is 0.247 e. The highest BCUT2D eigenvalue weighted by molar-refractivity contribution is 5.86. The van der Waals surface area contributed by atoms with Gasteiger partial charge in [0.15, 0.2) is 0 Å². The summed E-state index contributed by atoms with van der Waals surface area (Å²) < 4.78 is 5.18. The Morgan fingerprint density at radius 1 is 1.73 bits per heavy atom. The lowest BCUT2D eigenvalue weighted by atomic mass is 10.5. The van der Waals surface area contributed by atoms with Crippen molar-refractivity contribution in [1.29, 1.82) is 0 Å². The van der Waals surface area contributed by atoms with Crippen molar-refractivity contribution in [3.8, 4) is 0 Å². The summed E-state index contributed by atoms with van der Waals surface area (Å²) in [6.45, 7) is 7.53. The summed E-state index contributed by atoms with van der Waals surface area (Å²) in [5, 5.41) is 0. The SMILES string of the molecule is C=CC(=O)N(C)COC(C)C. The smallest absolute Gasteiger partial charge is 0.247 e. The second-order valence-electron chi connectivity index (χ2n) is 2.58. The summed E-state index contributed by atoms with van der Waals surface area (Å²) >= 11 is 0. The number of hydrogen-bond acceptors (Lipinski definition) is 2. The molecule has 0 unspecified atom stereocenters. The van der Waals surface area contributed by atoms with Gasteiger partial charge in [0, 0.05) is 7.05 Å². The van der Waals surface area contributed by atoms with Crippen molar-refractivity contribution in [2.45, 2.75) is 20.0 Å². The molecule has 0 saturated heterocycles. The molecule has 0 bridgehead atoms. The summed E-state index contributed by atoms with van der Waals surface area (Å²) in [5.74, 6) is -0.120. The molecule has 0 aliphatic heterocycles. The summed E-state index contributed by atoms with van der Waals surface area (Å²) in [4.78, 5) is 12.3. The maximum absolute atomic E-state index is 10.9. The topological polar surface area (TPSA) is 29.5 Å². The molecule has 0 aromatic rings. The molecule has 0 aliphatic rings. The van der Waals surface area contributed by atoms with Crippen LogP contribution in [0.25, 0.3) is 0 Å². The fourth-order valence-corrected chi connectivity index (χ4v) is 0.480. The fourth-order valence-electron chi connectivity index (χ4n) is 0.480. The standard InChI is InChI=1S/C8H15NO2/c1-5-8(10)9(4)6-11-7(2)3/h5,7H,1,6H2,2-4H3. The fraction of sp³-hybridized carbons (Fsp3) is 0.625. The number of nitrogens with zero attached hydrogens (tertiary/aromatic N) is 1. The Morgan fingerprint density at radius 2 is 2.27 bits per heavy atom. The Bertz CT molecular complexity index is 143. The number of carbonyl (C=O) groups is 1. The van der Waals surface area contributed by atoms with E-state index in [1.165, 1.54) is 11.0 Å². The molecule has 0 aromatic carbocycles. The molecule has 0 heterocycles. The van der Waals surface area contributed by atoms with Gasteiger partial charge in [0.2, 0.25) is 5.91 Å². The van der Waals surface area contributed by atoms with E-state index in [1.54, 1.807) is 7.05 Å². The Morgan fingerprint density at radius 3 is 2.64 bits per heavy atom. The van der Waals surface area contributed by atoms with E-state index in [4.69, 9.17) is 4.74 Å². The van der Waals surface area contributed by atoms with Gasteiger partial charge in [-0.3, -0.25) is 4.79 Å². The minimum atomic E-state index is -0.120. The van der Waals surface area contributed by atoms with E-state index in [9.17, 15) is 4.79 Å². The first kappa shape index (κ1) is 10.2. The molecule has 3 nitrogen and oxygen atoms in total. The molecule has 0 atom stereocenters. The average molecular weight is 157 g/mol. The highest BCUT2D eigenvalue weighted by atomic mass is 16.5.